The van der Waals surface area contributed by atoms with E-state index in [1.807, 2.05) is 19.1 Å². The van der Waals surface area contributed by atoms with Gasteiger partial charge in [-0.3, -0.25) is 19.3 Å². The second-order valence-electron chi connectivity index (χ2n) is 9.21. The Morgan fingerprint density at radius 3 is 2.86 bits per heavy atom. The van der Waals surface area contributed by atoms with Gasteiger partial charge in [0.2, 0.25) is 12.7 Å². The van der Waals surface area contributed by atoms with Gasteiger partial charge in [0.05, 0.1) is 29.3 Å². The lowest BCUT2D eigenvalue weighted by molar-refractivity contribution is -0.125. The van der Waals surface area contributed by atoms with E-state index >= 15 is 0 Å². The molecule has 0 saturated carbocycles. The lowest BCUT2D eigenvalue weighted by Crippen LogP contribution is -2.44. The number of ether oxygens (including phenoxy) is 3. The van der Waals surface area contributed by atoms with Gasteiger partial charge in [-0.15, -0.1) is 0 Å². The van der Waals surface area contributed by atoms with E-state index in [1.165, 1.54) is 4.90 Å². The molecule has 2 aromatic carbocycles. The third-order valence-corrected chi connectivity index (χ3v) is 6.86. The first kappa shape index (κ1) is 24.1. The van der Waals surface area contributed by atoms with Gasteiger partial charge in [-0.2, -0.15) is 0 Å². The van der Waals surface area contributed by atoms with Gasteiger partial charge in [-0.05, 0) is 56.0 Å². The molecular weight excluding hydrogens is 462 g/mol. The van der Waals surface area contributed by atoms with E-state index in [2.05, 4.69) is 10.2 Å². The van der Waals surface area contributed by atoms with Crippen molar-refractivity contribution in [3.63, 3.8) is 0 Å². The molecule has 1 fully saturated rings. The first-order valence-corrected chi connectivity index (χ1v) is 12.5. The number of fused-ring (bicyclic) bond motifs is 2. The number of nitrogens with one attached hydrogen (secondary N) is 1. The second kappa shape index (κ2) is 10.6. The maximum atomic E-state index is 13.5. The van der Waals surface area contributed by atoms with Crippen LogP contribution in [0.25, 0.3) is 0 Å². The summed E-state index contributed by atoms with van der Waals surface area (Å²) in [6.45, 7) is 5.38. The van der Waals surface area contributed by atoms with Gasteiger partial charge in [0.25, 0.3) is 11.8 Å². The van der Waals surface area contributed by atoms with E-state index in [-0.39, 0.29) is 37.0 Å². The van der Waals surface area contributed by atoms with E-state index in [4.69, 9.17) is 14.2 Å². The molecular formula is C27H31N3O6. The molecule has 1 atom stereocenters. The summed E-state index contributed by atoms with van der Waals surface area (Å²) in [6, 6.07) is 10.8. The molecule has 36 heavy (non-hydrogen) atoms. The molecule has 5 rings (SSSR count). The summed E-state index contributed by atoms with van der Waals surface area (Å²) < 4.78 is 16.1. The smallest absolute Gasteiger partial charge is 0.263 e. The quantitative estimate of drug-likeness (QED) is 0.424. The Kier molecular flexibility index (Phi) is 7.09. The Labute approximate surface area is 210 Å². The molecule has 0 spiro atoms. The number of amides is 3. The highest BCUT2D eigenvalue weighted by atomic mass is 16.7. The fourth-order valence-electron chi connectivity index (χ4n) is 5.03. The Morgan fingerprint density at radius 2 is 2.00 bits per heavy atom. The van der Waals surface area contributed by atoms with Gasteiger partial charge in [0.1, 0.15) is 0 Å². The van der Waals surface area contributed by atoms with Crippen molar-refractivity contribution in [2.75, 3.05) is 44.5 Å². The minimum Gasteiger partial charge on any atom is -0.454 e. The van der Waals surface area contributed by atoms with Crippen LogP contribution in [-0.2, 0) is 16.1 Å². The molecule has 0 aliphatic carbocycles. The van der Waals surface area contributed by atoms with Gasteiger partial charge in [-0.25, -0.2) is 0 Å². The maximum Gasteiger partial charge on any atom is 0.263 e. The molecule has 0 radical (unpaired) electrons. The molecule has 190 valence electrons. The highest BCUT2D eigenvalue weighted by Crippen LogP contribution is 2.36. The van der Waals surface area contributed by atoms with Crippen LogP contribution in [0.1, 0.15) is 52.5 Å². The summed E-state index contributed by atoms with van der Waals surface area (Å²) in [5, 5.41) is 3.01. The van der Waals surface area contributed by atoms with Gasteiger partial charge in [0.15, 0.2) is 11.5 Å². The number of benzene rings is 2. The van der Waals surface area contributed by atoms with E-state index in [0.717, 1.165) is 31.4 Å². The Balaban J connectivity index is 1.29. The van der Waals surface area contributed by atoms with Crippen LogP contribution in [0.15, 0.2) is 36.4 Å². The zero-order valence-electron chi connectivity index (χ0n) is 20.5. The Bertz CT molecular complexity index is 1170. The molecule has 1 N–H and O–H groups in total. The van der Waals surface area contributed by atoms with Crippen LogP contribution in [0.4, 0.5) is 5.69 Å². The topological polar surface area (TPSA) is 97.4 Å². The third kappa shape index (κ3) is 4.75. The van der Waals surface area contributed by atoms with Gasteiger partial charge < -0.3 is 24.4 Å². The summed E-state index contributed by atoms with van der Waals surface area (Å²) in [6.07, 6.45) is 2.41. The largest absolute Gasteiger partial charge is 0.454 e. The highest BCUT2D eigenvalue weighted by molar-refractivity contribution is 6.23. The molecule has 0 unspecified atom stereocenters. The van der Waals surface area contributed by atoms with Crippen molar-refractivity contribution >= 4 is 23.4 Å². The summed E-state index contributed by atoms with van der Waals surface area (Å²) >= 11 is 0. The summed E-state index contributed by atoms with van der Waals surface area (Å²) in [5.74, 6) is 0.497. The number of carbonyl (C=O) groups excluding carboxylic acids is 3. The average Bonchev–Trinajstić information content (AvgIpc) is 3.47. The minimum absolute atomic E-state index is 0.0237. The van der Waals surface area contributed by atoms with E-state index in [9.17, 15) is 14.4 Å². The van der Waals surface area contributed by atoms with Crippen LogP contribution in [0.2, 0.25) is 0 Å². The van der Waals surface area contributed by atoms with Gasteiger partial charge >= 0.3 is 0 Å². The van der Waals surface area contributed by atoms with Gasteiger partial charge in [-0.1, -0.05) is 12.1 Å². The number of imide groups is 1. The van der Waals surface area contributed by atoms with Crippen molar-refractivity contribution in [3.8, 4) is 11.5 Å². The van der Waals surface area contributed by atoms with Crippen molar-refractivity contribution in [2.45, 2.75) is 32.7 Å². The molecule has 3 amide bonds. The number of hydrogen-bond donors (Lipinski definition) is 1. The van der Waals surface area contributed by atoms with Crippen molar-refractivity contribution in [2.24, 2.45) is 5.92 Å². The Morgan fingerprint density at radius 1 is 1.14 bits per heavy atom. The molecule has 3 heterocycles. The average molecular weight is 494 g/mol. The normalized spacial score (nSPS) is 18.5. The third-order valence-electron chi connectivity index (χ3n) is 6.86. The number of anilines is 1. The standard InChI is InChI=1S/C27H31N3O6/c1-2-34-13-5-11-28-25(31)19-6-4-12-29(16-19)21-8-3-7-20-24(21)27(33)30(26(20)32)15-18-9-10-22-23(14-18)36-17-35-22/h3,7-10,14,19H,2,4-6,11-13,15-17H2,1H3,(H,28,31)/t19-/m1/s1. The fourth-order valence-corrected chi connectivity index (χ4v) is 5.03. The van der Waals surface area contributed by atoms with Crippen LogP contribution < -0.4 is 19.7 Å². The molecule has 2 aromatic rings. The fraction of sp³-hybridized carbons (Fsp3) is 0.444. The molecule has 9 nitrogen and oxygen atoms in total. The number of piperidine rings is 1. The van der Waals surface area contributed by atoms with Crippen molar-refractivity contribution in [1.82, 2.24) is 10.2 Å². The zero-order valence-corrected chi connectivity index (χ0v) is 20.5. The second-order valence-corrected chi connectivity index (χ2v) is 9.21. The first-order valence-electron chi connectivity index (χ1n) is 12.5. The molecule has 3 aliphatic rings. The Hall–Kier alpha value is -3.59. The van der Waals surface area contributed by atoms with Crippen molar-refractivity contribution in [3.05, 3.63) is 53.1 Å². The monoisotopic (exact) mass is 493 g/mol. The predicted octanol–water partition coefficient (Wildman–Crippen LogP) is 2.97. The predicted molar refractivity (Wildman–Crippen MR) is 132 cm³/mol. The maximum absolute atomic E-state index is 13.5. The SMILES string of the molecule is CCOCCCNC(=O)[C@@H]1CCCN(c2cccc3c2C(=O)N(Cc2ccc4c(c2)OCO4)C3=O)C1. The molecule has 0 aromatic heterocycles. The highest BCUT2D eigenvalue weighted by Gasteiger charge is 2.39. The molecule has 1 saturated heterocycles. The lowest BCUT2D eigenvalue weighted by atomic mass is 9.95. The minimum atomic E-state index is -0.314. The van der Waals surface area contributed by atoms with Crippen LogP contribution in [0, 0.1) is 5.92 Å². The van der Waals surface area contributed by atoms with Gasteiger partial charge in [0, 0.05) is 32.8 Å². The summed E-state index contributed by atoms with van der Waals surface area (Å²) in [5.41, 5.74) is 2.32. The van der Waals surface area contributed by atoms with Crippen molar-refractivity contribution in [1.29, 1.82) is 0 Å². The van der Waals surface area contributed by atoms with E-state index in [0.29, 0.717) is 54.6 Å². The van der Waals surface area contributed by atoms with Crippen LogP contribution in [0.3, 0.4) is 0 Å². The zero-order chi connectivity index (χ0) is 25.1. The summed E-state index contributed by atoms with van der Waals surface area (Å²) in [7, 11) is 0. The summed E-state index contributed by atoms with van der Waals surface area (Å²) in [4.78, 5) is 42.8. The number of nitrogens with zero attached hydrogens (tertiary/aromatic N) is 2. The lowest BCUT2D eigenvalue weighted by Gasteiger charge is -2.34. The van der Waals surface area contributed by atoms with E-state index < -0.39 is 0 Å². The molecule has 9 heteroatoms. The van der Waals surface area contributed by atoms with Crippen molar-refractivity contribution < 1.29 is 28.6 Å². The first-order chi connectivity index (χ1) is 17.6. The van der Waals surface area contributed by atoms with Crippen LogP contribution in [0.5, 0.6) is 11.5 Å². The van der Waals surface area contributed by atoms with Crippen LogP contribution >= 0.6 is 0 Å². The molecule has 3 aliphatic heterocycles. The molecule has 0 bridgehead atoms. The number of hydrogen-bond acceptors (Lipinski definition) is 7. The van der Waals surface area contributed by atoms with Crippen LogP contribution in [-0.4, -0.2) is 62.3 Å². The van der Waals surface area contributed by atoms with E-state index in [1.54, 1.807) is 24.3 Å². The number of carbonyl (C=O) groups is 3. The number of rotatable bonds is 9.